The fourth-order valence-electron chi connectivity index (χ4n) is 1.75. The normalized spacial score (nSPS) is 11.3. The highest BCUT2D eigenvalue weighted by Crippen LogP contribution is 2.31. The Labute approximate surface area is 123 Å². The van der Waals surface area contributed by atoms with E-state index in [2.05, 4.69) is 9.72 Å². The molecule has 1 heterocycles. The molecule has 0 saturated heterocycles. The molecule has 7 heteroatoms. The van der Waals surface area contributed by atoms with E-state index in [1.165, 1.54) is 31.4 Å². The van der Waals surface area contributed by atoms with Gasteiger partial charge in [-0.25, -0.2) is 9.78 Å². The second-order valence-electron chi connectivity index (χ2n) is 4.10. The van der Waals surface area contributed by atoms with Crippen molar-refractivity contribution in [2.75, 3.05) is 7.11 Å². The summed E-state index contributed by atoms with van der Waals surface area (Å²) >= 11 is 5.78. The summed E-state index contributed by atoms with van der Waals surface area (Å²) in [6, 6.07) is 7.11. The zero-order valence-corrected chi connectivity index (χ0v) is 11.5. The quantitative estimate of drug-likeness (QED) is 0.615. The zero-order chi connectivity index (χ0) is 15.6. The van der Waals surface area contributed by atoms with E-state index >= 15 is 0 Å². The third-order valence-electron chi connectivity index (χ3n) is 2.75. The van der Waals surface area contributed by atoms with Crippen molar-refractivity contribution in [1.82, 2.24) is 4.98 Å². The molecule has 0 radical (unpaired) electrons. The maximum absolute atomic E-state index is 12.5. The molecule has 0 fully saturated rings. The van der Waals surface area contributed by atoms with Crippen LogP contribution in [-0.4, -0.2) is 18.1 Å². The van der Waals surface area contributed by atoms with Crippen LogP contribution in [0.4, 0.5) is 13.2 Å². The Morgan fingerprint density at radius 2 is 1.76 bits per heavy atom. The predicted molar refractivity (Wildman–Crippen MR) is 71.0 cm³/mol. The molecule has 110 valence electrons. The van der Waals surface area contributed by atoms with E-state index in [0.29, 0.717) is 5.56 Å². The maximum atomic E-state index is 12.5. The minimum Gasteiger partial charge on any atom is -0.465 e. The number of aromatic nitrogens is 1. The van der Waals surface area contributed by atoms with E-state index in [4.69, 9.17) is 11.6 Å². The van der Waals surface area contributed by atoms with E-state index in [0.717, 1.165) is 12.1 Å². The summed E-state index contributed by atoms with van der Waals surface area (Å²) in [5, 5.41) is 0.123. The highest BCUT2D eigenvalue weighted by molar-refractivity contribution is 6.29. The number of ether oxygens (including phenoxy) is 1. The molecule has 0 aliphatic heterocycles. The molecule has 0 spiro atoms. The van der Waals surface area contributed by atoms with Crippen LogP contribution in [0, 0.1) is 0 Å². The highest BCUT2D eigenvalue weighted by Gasteiger charge is 2.30. The van der Waals surface area contributed by atoms with Crippen molar-refractivity contribution in [2.45, 2.75) is 6.18 Å². The molecule has 2 aromatic rings. The average Bonchev–Trinajstić information content (AvgIpc) is 2.45. The van der Waals surface area contributed by atoms with Crippen molar-refractivity contribution in [1.29, 1.82) is 0 Å². The summed E-state index contributed by atoms with van der Waals surface area (Å²) in [5.74, 6) is -0.644. The third kappa shape index (κ3) is 3.33. The Balaban J connectivity index is 2.51. The van der Waals surface area contributed by atoms with Crippen LogP contribution in [0.5, 0.6) is 0 Å². The van der Waals surface area contributed by atoms with Gasteiger partial charge >= 0.3 is 12.1 Å². The molecule has 0 aliphatic carbocycles. The van der Waals surface area contributed by atoms with Gasteiger partial charge in [-0.05, 0) is 24.3 Å². The lowest BCUT2D eigenvalue weighted by Gasteiger charge is -2.10. The van der Waals surface area contributed by atoms with Gasteiger partial charge in [0.1, 0.15) is 5.15 Å². The molecular formula is C14H9ClF3NO2. The Kier molecular flexibility index (Phi) is 4.18. The van der Waals surface area contributed by atoms with Crippen LogP contribution in [-0.2, 0) is 10.9 Å². The van der Waals surface area contributed by atoms with Crippen LogP contribution in [0.2, 0.25) is 5.15 Å². The Bertz CT molecular complexity index is 669. The number of rotatable bonds is 2. The van der Waals surface area contributed by atoms with Gasteiger partial charge in [0.2, 0.25) is 0 Å². The summed E-state index contributed by atoms with van der Waals surface area (Å²) in [6.45, 7) is 0. The zero-order valence-electron chi connectivity index (χ0n) is 10.7. The van der Waals surface area contributed by atoms with E-state index in [-0.39, 0.29) is 16.4 Å². The van der Waals surface area contributed by atoms with E-state index in [1.54, 1.807) is 0 Å². The van der Waals surface area contributed by atoms with Crippen molar-refractivity contribution in [3.63, 3.8) is 0 Å². The van der Waals surface area contributed by atoms with Crippen molar-refractivity contribution in [3.8, 4) is 11.3 Å². The van der Waals surface area contributed by atoms with Gasteiger partial charge < -0.3 is 4.74 Å². The Morgan fingerprint density at radius 1 is 1.14 bits per heavy atom. The number of hydrogen-bond donors (Lipinski definition) is 0. The average molecular weight is 316 g/mol. The minimum atomic E-state index is -4.43. The SMILES string of the molecule is COC(=O)c1ccc(Cl)nc1-c1ccc(C(F)(F)F)cc1. The second kappa shape index (κ2) is 5.73. The summed E-state index contributed by atoms with van der Waals surface area (Å²) in [7, 11) is 1.20. The number of hydrogen-bond acceptors (Lipinski definition) is 3. The fourth-order valence-corrected chi connectivity index (χ4v) is 1.89. The van der Waals surface area contributed by atoms with Crippen LogP contribution in [0.3, 0.4) is 0 Å². The number of methoxy groups -OCH3 is 1. The first-order chi connectivity index (χ1) is 9.82. The van der Waals surface area contributed by atoms with Gasteiger partial charge in [0.05, 0.1) is 23.9 Å². The number of carbonyl (C=O) groups excluding carboxylic acids is 1. The smallest absolute Gasteiger partial charge is 0.416 e. The van der Waals surface area contributed by atoms with Gasteiger partial charge in [0, 0.05) is 5.56 Å². The first kappa shape index (κ1) is 15.3. The minimum absolute atomic E-state index is 0.123. The van der Waals surface area contributed by atoms with Crippen molar-refractivity contribution in [3.05, 3.63) is 52.7 Å². The van der Waals surface area contributed by atoms with Gasteiger partial charge in [-0.3, -0.25) is 0 Å². The summed E-state index contributed by atoms with van der Waals surface area (Å²) < 4.78 is 42.2. The molecule has 1 aromatic carbocycles. The molecule has 21 heavy (non-hydrogen) atoms. The van der Waals surface area contributed by atoms with Gasteiger partial charge in [0.25, 0.3) is 0 Å². The molecule has 0 amide bonds. The van der Waals surface area contributed by atoms with E-state index in [9.17, 15) is 18.0 Å². The van der Waals surface area contributed by atoms with Gasteiger partial charge in [0.15, 0.2) is 0 Å². The molecule has 1 aromatic heterocycles. The van der Waals surface area contributed by atoms with Gasteiger partial charge in [-0.1, -0.05) is 23.7 Å². The number of pyridine rings is 1. The van der Waals surface area contributed by atoms with E-state index in [1.807, 2.05) is 0 Å². The topological polar surface area (TPSA) is 39.2 Å². The van der Waals surface area contributed by atoms with Crippen LogP contribution in [0.15, 0.2) is 36.4 Å². The van der Waals surface area contributed by atoms with Crippen LogP contribution in [0.25, 0.3) is 11.3 Å². The number of benzene rings is 1. The molecule has 3 nitrogen and oxygen atoms in total. The maximum Gasteiger partial charge on any atom is 0.416 e. The third-order valence-corrected chi connectivity index (χ3v) is 2.96. The van der Waals surface area contributed by atoms with Gasteiger partial charge in [-0.2, -0.15) is 13.2 Å². The number of carbonyl (C=O) groups is 1. The lowest BCUT2D eigenvalue weighted by molar-refractivity contribution is -0.137. The van der Waals surface area contributed by atoms with Crippen molar-refractivity contribution < 1.29 is 22.7 Å². The molecule has 2 rings (SSSR count). The van der Waals surface area contributed by atoms with Crippen molar-refractivity contribution in [2.24, 2.45) is 0 Å². The van der Waals surface area contributed by atoms with Gasteiger partial charge in [-0.15, -0.1) is 0 Å². The Morgan fingerprint density at radius 3 is 2.29 bits per heavy atom. The molecular weight excluding hydrogens is 307 g/mol. The summed E-state index contributed by atoms with van der Waals surface area (Å²) in [4.78, 5) is 15.6. The molecule has 0 atom stereocenters. The fraction of sp³-hybridized carbons (Fsp3) is 0.143. The molecule has 0 saturated carbocycles. The lowest BCUT2D eigenvalue weighted by Crippen LogP contribution is -2.06. The largest absolute Gasteiger partial charge is 0.465 e. The van der Waals surface area contributed by atoms with E-state index < -0.39 is 17.7 Å². The number of halogens is 4. The molecule has 0 bridgehead atoms. The Hall–Kier alpha value is -2.08. The standard InChI is InChI=1S/C14H9ClF3NO2/c1-21-13(20)10-6-7-11(15)19-12(10)8-2-4-9(5-3-8)14(16,17)18/h2-7H,1H3. The number of alkyl halides is 3. The summed E-state index contributed by atoms with van der Waals surface area (Å²) in [5.41, 5.74) is -0.150. The molecule has 0 N–H and O–H groups in total. The molecule has 0 aliphatic rings. The van der Waals surface area contributed by atoms with Crippen LogP contribution >= 0.6 is 11.6 Å². The predicted octanol–water partition coefficient (Wildman–Crippen LogP) is 4.21. The highest BCUT2D eigenvalue weighted by atomic mass is 35.5. The monoisotopic (exact) mass is 315 g/mol. The first-order valence-electron chi connectivity index (χ1n) is 5.75. The number of nitrogens with zero attached hydrogens (tertiary/aromatic N) is 1. The van der Waals surface area contributed by atoms with Crippen LogP contribution < -0.4 is 0 Å². The lowest BCUT2D eigenvalue weighted by atomic mass is 10.0. The number of esters is 1. The molecule has 0 unspecified atom stereocenters. The van der Waals surface area contributed by atoms with Crippen molar-refractivity contribution >= 4 is 17.6 Å². The summed E-state index contributed by atoms with van der Waals surface area (Å²) in [6.07, 6.45) is -4.43. The second-order valence-corrected chi connectivity index (χ2v) is 4.48. The van der Waals surface area contributed by atoms with Crippen LogP contribution in [0.1, 0.15) is 15.9 Å². The first-order valence-corrected chi connectivity index (χ1v) is 6.13.